The Kier molecular flexibility index (Phi) is 6.07. The molecule has 4 N–H and O–H groups in total. The molecule has 0 unspecified atom stereocenters. The molecule has 7 heteroatoms. The van der Waals surface area contributed by atoms with E-state index in [4.69, 9.17) is 21.7 Å². The average molecular weight is 265 g/mol. The maximum atomic E-state index is 9.62. The van der Waals surface area contributed by atoms with Crippen LogP contribution < -0.4 is 5.32 Å². The lowest BCUT2D eigenvalue weighted by Crippen LogP contribution is -2.58. The summed E-state index contributed by atoms with van der Waals surface area (Å²) in [6.45, 7) is 2.47. The molecule has 1 saturated heterocycles. The smallest absolute Gasteiger partial charge is 0.258 e. The van der Waals surface area contributed by atoms with Crippen LogP contribution in [0.1, 0.15) is 19.8 Å². The molecule has 0 saturated carbocycles. The maximum Gasteiger partial charge on any atom is 0.258 e. The Morgan fingerprint density at radius 3 is 2.76 bits per heavy atom. The van der Waals surface area contributed by atoms with Gasteiger partial charge in [-0.1, -0.05) is 13.3 Å². The predicted molar refractivity (Wildman–Crippen MR) is 64.4 cm³/mol. The molecule has 100 valence electrons. The molecular weight excluding hydrogens is 246 g/mol. The van der Waals surface area contributed by atoms with Gasteiger partial charge >= 0.3 is 0 Å². The zero-order valence-electron chi connectivity index (χ0n) is 9.70. The van der Waals surface area contributed by atoms with Crippen molar-refractivity contribution < 1.29 is 24.8 Å². The summed E-state index contributed by atoms with van der Waals surface area (Å²) in [7, 11) is 0. The van der Waals surface area contributed by atoms with Crippen molar-refractivity contribution in [2.24, 2.45) is 0 Å². The number of unbranched alkanes of at least 4 members (excludes halogenated alkanes) is 1. The molecule has 0 bridgehead atoms. The number of rotatable bonds is 4. The summed E-state index contributed by atoms with van der Waals surface area (Å²) < 4.78 is 10.3. The summed E-state index contributed by atoms with van der Waals surface area (Å²) >= 11 is 4.90. The first-order valence-electron chi connectivity index (χ1n) is 5.65. The Hall–Kier alpha value is -0.470. The van der Waals surface area contributed by atoms with Crippen LogP contribution >= 0.6 is 12.2 Å². The van der Waals surface area contributed by atoms with E-state index in [2.05, 4.69) is 5.32 Å². The zero-order chi connectivity index (χ0) is 12.8. The van der Waals surface area contributed by atoms with Crippen molar-refractivity contribution in [1.29, 1.82) is 0 Å². The Morgan fingerprint density at radius 2 is 2.12 bits per heavy atom. The molecule has 0 aliphatic carbocycles. The molecule has 1 rings (SSSR count). The normalized spacial score (nSPS) is 33.2. The average Bonchev–Trinajstić information content (AvgIpc) is 2.30. The Bertz CT molecular complexity index is 253. The Labute approximate surface area is 106 Å². The molecule has 0 amide bonds. The standard InChI is InChI=1S/C10H19NO5S/c1-2-3-4-15-10(17)11-9-8(14)7(13)6(12)5-16-9/h6-9,12-14H,2-5H2,1H3,(H,11,17)/t6-,7-,8+,9+/m0/s1. The molecular formula is C10H19NO5S. The minimum atomic E-state index is -1.25. The summed E-state index contributed by atoms with van der Waals surface area (Å²) in [5.74, 6) is 0. The second-order valence-electron chi connectivity index (χ2n) is 3.94. The minimum absolute atomic E-state index is 0.0620. The van der Waals surface area contributed by atoms with E-state index in [9.17, 15) is 15.3 Å². The van der Waals surface area contributed by atoms with Crippen LogP contribution in [0.5, 0.6) is 0 Å². The number of hydrogen-bond acceptors (Lipinski definition) is 6. The quantitative estimate of drug-likeness (QED) is 0.387. The second kappa shape index (κ2) is 7.07. The fourth-order valence-electron chi connectivity index (χ4n) is 1.40. The van der Waals surface area contributed by atoms with E-state index in [0.717, 1.165) is 12.8 Å². The molecule has 6 nitrogen and oxygen atoms in total. The van der Waals surface area contributed by atoms with Crippen molar-refractivity contribution in [3.63, 3.8) is 0 Å². The van der Waals surface area contributed by atoms with Gasteiger partial charge in [-0.2, -0.15) is 0 Å². The molecule has 0 aromatic heterocycles. The van der Waals surface area contributed by atoms with E-state index >= 15 is 0 Å². The van der Waals surface area contributed by atoms with Gasteiger partial charge in [-0.15, -0.1) is 0 Å². The van der Waals surface area contributed by atoms with Gasteiger partial charge in [-0.05, 0) is 18.6 Å². The molecule has 17 heavy (non-hydrogen) atoms. The van der Waals surface area contributed by atoms with Crippen molar-refractivity contribution >= 4 is 17.4 Å². The van der Waals surface area contributed by atoms with Gasteiger partial charge in [0, 0.05) is 0 Å². The van der Waals surface area contributed by atoms with Gasteiger partial charge in [0.2, 0.25) is 0 Å². The highest BCUT2D eigenvalue weighted by Gasteiger charge is 2.37. The van der Waals surface area contributed by atoms with Gasteiger partial charge < -0.3 is 30.1 Å². The lowest BCUT2D eigenvalue weighted by Gasteiger charge is -2.35. The van der Waals surface area contributed by atoms with E-state index in [-0.39, 0.29) is 11.8 Å². The van der Waals surface area contributed by atoms with E-state index in [1.54, 1.807) is 0 Å². The number of nitrogens with one attached hydrogen (secondary N) is 1. The van der Waals surface area contributed by atoms with Crippen LogP contribution in [-0.2, 0) is 9.47 Å². The predicted octanol–water partition coefficient (Wildman–Crippen LogP) is -0.883. The highest BCUT2D eigenvalue weighted by molar-refractivity contribution is 7.80. The van der Waals surface area contributed by atoms with Crippen LogP contribution in [-0.4, -0.2) is 58.2 Å². The summed E-state index contributed by atoms with van der Waals surface area (Å²) in [4.78, 5) is 0. The molecule has 0 radical (unpaired) electrons. The summed E-state index contributed by atoms with van der Waals surface area (Å²) in [5, 5.41) is 31.1. The van der Waals surface area contributed by atoms with Gasteiger partial charge in [-0.25, -0.2) is 0 Å². The van der Waals surface area contributed by atoms with Crippen molar-refractivity contribution in [3.8, 4) is 0 Å². The lowest BCUT2D eigenvalue weighted by molar-refractivity contribution is -0.191. The minimum Gasteiger partial charge on any atom is -0.471 e. The van der Waals surface area contributed by atoms with Crippen LogP contribution in [0, 0.1) is 0 Å². The van der Waals surface area contributed by atoms with E-state index in [1.165, 1.54) is 0 Å². The van der Waals surface area contributed by atoms with Crippen LogP contribution in [0.2, 0.25) is 0 Å². The van der Waals surface area contributed by atoms with Crippen molar-refractivity contribution in [2.75, 3.05) is 13.2 Å². The summed E-state index contributed by atoms with van der Waals surface area (Å²) in [6.07, 6.45) is -2.56. The third-order valence-electron chi connectivity index (χ3n) is 2.49. The topological polar surface area (TPSA) is 91.2 Å². The second-order valence-corrected chi connectivity index (χ2v) is 4.31. The molecule has 4 atom stereocenters. The third kappa shape index (κ3) is 4.36. The van der Waals surface area contributed by atoms with Crippen LogP contribution in [0.15, 0.2) is 0 Å². The number of thiocarbonyl (C=S) groups is 1. The Balaban J connectivity index is 2.33. The van der Waals surface area contributed by atoms with E-state index in [0.29, 0.717) is 6.61 Å². The van der Waals surface area contributed by atoms with E-state index in [1.807, 2.05) is 6.92 Å². The number of hydrogen-bond donors (Lipinski definition) is 4. The van der Waals surface area contributed by atoms with Crippen LogP contribution in [0.3, 0.4) is 0 Å². The van der Waals surface area contributed by atoms with Gasteiger partial charge in [0.1, 0.15) is 18.3 Å². The third-order valence-corrected chi connectivity index (χ3v) is 2.73. The van der Waals surface area contributed by atoms with Gasteiger partial charge in [0.05, 0.1) is 13.2 Å². The van der Waals surface area contributed by atoms with E-state index < -0.39 is 24.5 Å². The molecule has 0 aromatic rings. The van der Waals surface area contributed by atoms with Crippen molar-refractivity contribution in [2.45, 2.75) is 44.3 Å². The maximum absolute atomic E-state index is 9.62. The molecule has 1 heterocycles. The first-order chi connectivity index (χ1) is 8.06. The molecule has 1 aliphatic heterocycles. The highest BCUT2D eigenvalue weighted by Crippen LogP contribution is 2.13. The van der Waals surface area contributed by atoms with Gasteiger partial charge in [0.15, 0.2) is 6.23 Å². The molecule has 0 spiro atoms. The first-order valence-corrected chi connectivity index (χ1v) is 6.06. The van der Waals surface area contributed by atoms with Gasteiger partial charge in [0.25, 0.3) is 5.17 Å². The molecule has 1 fully saturated rings. The summed E-state index contributed by atoms with van der Waals surface area (Å²) in [6, 6.07) is 0. The number of ether oxygens (including phenoxy) is 2. The fourth-order valence-corrected chi connectivity index (χ4v) is 1.60. The number of aliphatic hydroxyl groups excluding tert-OH is 3. The van der Waals surface area contributed by atoms with Crippen LogP contribution in [0.25, 0.3) is 0 Å². The molecule has 0 aromatic carbocycles. The number of aliphatic hydroxyl groups is 3. The largest absolute Gasteiger partial charge is 0.471 e. The first kappa shape index (κ1) is 14.6. The van der Waals surface area contributed by atoms with Gasteiger partial charge in [-0.3, -0.25) is 0 Å². The summed E-state index contributed by atoms with van der Waals surface area (Å²) in [5.41, 5.74) is 0. The van der Waals surface area contributed by atoms with Crippen LogP contribution in [0.4, 0.5) is 0 Å². The van der Waals surface area contributed by atoms with Crippen molar-refractivity contribution in [3.05, 3.63) is 0 Å². The monoisotopic (exact) mass is 265 g/mol. The highest BCUT2D eigenvalue weighted by atomic mass is 32.1. The fraction of sp³-hybridized carbons (Fsp3) is 0.900. The SMILES string of the molecule is CCCCOC(=S)N[C@@H]1OC[C@H](O)[C@H](O)[C@H]1O. The Morgan fingerprint density at radius 1 is 1.41 bits per heavy atom. The lowest BCUT2D eigenvalue weighted by atomic mass is 10.0. The van der Waals surface area contributed by atoms with Crippen molar-refractivity contribution in [1.82, 2.24) is 5.32 Å². The zero-order valence-corrected chi connectivity index (χ0v) is 10.5. The molecule has 1 aliphatic rings.